The summed E-state index contributed by atoms with van der Waals surface area (Å²) in [5, 5.41) is 0. The zero-order valence-corrected chi connectivity index (χ0v) is 14.0. The molecule has 1 atom stereocenters. The Kier molecular flexibility index (Phi) is 4.55. The van der Waals surface area contributed by atoms with Crippen LogP contribution in [-0.2, 0) is 13.1 Å². The number of aromatic nitrogens is 4. The molecule has 0 fully saturated rings. The zero-order valence-electron chi connectivity index (χ0n) is 14.0. The van der Waals surface area contributed by atoms with Crippen molar-refractivity contribution in [3.63, 3.8) is 0 Å². The molecule has 0 spiro atoms. The van der Waals surface area contributed by atoms with E-state index in [1.165, 1.54) is 4.57 Å². The summed E-state index contributed by atoms with van der Waals surface area (Å²) in [6.07, 6.45) is 0. The molecule has 0 saturated heterocycles. The van der Waals surface area contributed by atoms with E-state index in [9.17, 15) is 9.59 Å². The molecule has 0 aliphatic rings. The van der Waals surface area contributed by atoms with Crippen LogP contribution in [0.15, 0.2) is 9.59 Å². The lowest BCUT2D eigenvalue weighted by Crippen LogP contribution is -2.44. The molecular formula is C15H25N5O2. The Morgan fingerprint density at radius 3 is 2.32 bits per heavy atom. The maximum Gasteiger partial charge on any atom is 0.333 e. The highest BCUT2D eigenvalue weighted by Crippen LogP contribution is 2.13. The van der Waals surface area contributed by atoms with Crippen molar-refractivity contribution >= 4 is 11.2 Å². The van der Waals surface area contributed by atoms with Gasteiger partial charge < -0.3 is 10.3 Å². The monoisotopic (exact) mass is 307 g/mol. The van der Waals surface area contributed by atoms with Gasteiger partial charge in [-0.15, -0.1) is 0 Å². The third-order valence-electron chi connectivity index (χ3n) is 3.90. The summed E-state index contributed by atoms with van der Waals surface area (Å²) < 4.78 is 4.72. The number of imidazole rings is 1. The predicted molar refractivity (Wildman–Crippen MR) is 87.3 cm³/mol. The van der Waals surface area contributed by atoms with Crippen molar-refractivity contribution in [2.24, 2.45) is 11.7 Å². The minimum Gasteiger partial charge on any atom is -0.328 e. The quantitative estimate of drug-likeness (QED) is 0.887. The molecule has 22 heavy (non-hydrogen) atoms. The van der Waals surface area contributed by atoms with E-state index in [2.05, 4.69) is 4.98 Å². The van der Waals surface area contributed by atoms with Gasteiger partial charge in [0.05, 0.1) is 6.04 Å². The lowest BCUT2D eigenvalue weighted by molar-refractivity contribution is 0.454. The van der Waals surface area contributed by atoms with Crippen LogP contribution in [0, 0.1) is 12.8 Å². The van der Waals surface area contributed by atoms with Crippen LogP contribution in [0.5, 0.6) is 0 Å². The van der Waals surface area contributed by atoms with E-state index in [1.807, 2.05) is 32.3 Å². The molecule has 2 aromatic heterocycles. The summed E-state index contributed by atoms with van der Waals surface area (Å²) in [5.74, 6) is 1.01. The first-order chi connectivity index (χ1) is 10.3. The second-order valence-electron chi connectivity index (χ2n) is 6.12. The second-order valence-corrected chi connectivity index (χ2v) is 6.12. The molecule has 0 amide bonds. The number of rotatable bonds is 5. The first-order valence-electron chi connectivity index (χ1n) is 7.75. The largest absolute Gasteiger partial charge is 0.333 e. The summed E-state index contributed by atoms with van der Waals surface area (Å²) >= 11 is 0. The van der Waals surface area contributed by atoms with Gasteiger partial charge in [-0.25, -0.2) is 9.78 Å². The van der Waals surface area contributed by atoms with Gasteiger partial charge in [-0.2, -0.15) is 0 Å². The minimum absolute atomic E-state index is 0.238. The van der Waals surface area contributed by atoms with Crippen molar-refractivity contribution in [1.82, 2.24) is 18.7 Å². The van der Waals surface area contributed by atoms with Crippen molar-refractivity contribution < 1.29 is 0 Å². The predicted octanol–water partition coefficient (Wildman–Crippen LogP) is 0.864. The zero-order chi connectivity index (χ0) is 16.6. The highest BCUT2D eigenvalue weighted by atomic mass is 16.2. The summed E-state index contributed by atoms with van der Waals surface area (Å²) in [6, 6.07) is -0.344. The van der Waals surface area contributed by atoms with E-state index in [0.717, 1.165) is 5.82 Å². The average Bonchev–Trinajstić information content (AvgIpc) is 2.79. The van der Waals surface area contributed by atoms with Crippen molar-refractivity contribution in [2.45, 2.75) is 53.8 Å². The molecule has 0 saturated carbocycles. The fraction of sp³-hybridized carbons (Fsp3) is 0.667. The third kappa shape index (κ3) is 2.49. The molecule has 0 aromatic carbocycles. The number of fused-ring (bicyclic) bond motifs is 1. The number of aryl methyl sites for hydroxylation is 2. The molecule has 122 valence electrons. The molecule has 2 aromatic rings. The molecule has 7 heteroatoms. The Morgan fingerprint density at radius 2 is 1.82 bits per heavy atom. The third-order valence-corrected chi connectivity index (χ3v) is 3.90. The first kappa shape index (κ1) is 16.5. The summed E-state index contributed by atoms with van der Waals surface area (Å²) in [6.45, 7) is 11.1. The summed E-state index contributed by atoms with van der Waals surface area (Å²) in [7, 11) is 0. The molecule has 0 bridgehead atoms. The van der Waals surface area contributed by atoms with E-state index in [-0.39, 0.29) is 29.8 Å². The van der Waals surface area contributed by atoms with Gasteiger partial charge in [-0.05, 0) is 26.7 Å². The SMILES string of the molecule is CCn1c(C)nc2c1c(=O)n(C(C)CN)c(=O)n2CC(C)C. The van der Waals surface area contributed by atoms with Gasteiger partial charge in [0.1, 0.15) is 5.82 Å². The van der Waals surface area contributed by atoms with E-state index in [4.69, 9.17) is 5.73 Å². The van der Waals surface area contributed by atoms with Crippen molar-refractivity contribution in [3.05, 3.63) is 26.7 Å². The Labute approximate surface area is 129 Å². The topological polar surface area (TPSA) is 87.8 Å². The van der Waals surface area contributed by atoms with Crippen molar-refractivity contribution in [2.75, 3.05) is 6.54 Å². The molecule has 1 unspecified atom stereocenters. The van der Waals surface area contributed by atoms with Gasteiger partial charge in [0.15, 0.2) is 11.2 Å². The molecule has 2 rings (SSSR count). The van der Waals surface area contributed by atoms with Crippen LogP contribution in [0.3, 0.4) is 0 Å². The molecular weight excluding hydrogens is 282 g/mol. The molecule has 2 N–H and O–H groups in total. The van der Waals surface area contributed by atoms with Gasteiger partial charge in [0.25, 0.3) is 5.56 Å². The molecule has 0 radical (unpaired) electrons. The van der Waals surface area contributed by atoms with E-state index < -0.39 is 0 Å². The van der Waals surface area contributed by atoms with Crippen LogP contribution < -0.4 is 17.0 Å². The summed E-state index contributed by atoms with van der Waals surface area (Å²) in [4.78, 5) is 30.0. The highest BCUT2D eigenvalue weighted by Gasteiger charge is 2.21. The van der Waals surface area contributed by atoms with Gasteiger partial charge in [0.2, 0.25) is 0 Å². The van der Waals surface area contributed by atoms with E-state index >= 15 is 0 Å². The maximum absolute atomic E-state index is 12.8. The lowest BCUT2D eigenvalue weighted by Gasteiger charge is -2.17. The Balaban J connectivity index is 2.98. The standard InChI is InChI=1S/C15H25N5O2/c1-6-18-11(5)17-13-12(18)14(21)20(10(4)7-16)15(22)19(13)8-9(2)3/h9-10H,6-8,16H2,1-5H3. The highest BCUT2D eigenvalue weighted by molar-refractivity contribution is 5.71. The fourth-order valence-corrected chi connectivity index (χ4v) is 2.78. The van der Waals surface area contributed by atoms with Crippen LogP contribution in [-0.4, -0.2) is 25.2 Å². The minimum atomic E-state index is -0.344. The van der Waals surface area contributed by atoms with Crippen LogP contribution in [0.1, 0.15) is 39.6 Å². The van der Waals surface area contributed by atoms with Crippen LogP contribution in [0.4, 0.5) is 0 Å². The smallest absolute Gasteiger partial charge is 0.328 e. The van der Waals surface area contributed by atoms with Crippen molar-refractivity contribution in [3.8, 4) is 0 Å². The summed E-state index contributed by atoms with van der Waals surface area (Å²) in [5.41, 5.74) is 6.01. The Bertz CT molecular complexity index is 797. The van der Waals surface area contributed by atoms with Gasteiger partial charge >= 0.3 is 5.69 Å². The number of nitrogens with two attached hydrogens (primary N) is 1. The molecule has 2 heterocycles. The van der Waals surface area contributed by atoms with Gasteiger partial charge in [0, 0.05) is 19.6 Å². The molecule has 0 aliphatic carbocycles. The molecule has 7 nitrogen and oxygen atoms in total. The van der Waals surface area contributed by atoms with Gasteiger partial charge in [-0.3, -0.25) is 13.9 Å². The van der Waals surface area contributed by atoms with Gasteiger partial charge in [-0.1, -0.05) is 13.8 Å². The van der Waals surface area contributed by atoms with E-state index in [0.29, 0.717) is 24.3 Å². The van der Waals surface area contributed by atoms with Crippen LogP contribution in [0.25, 0.3) is 11.2 Å². The Hall–Kier alpha value is -1.89. The average molecular weight is 307 g/mol. The van der Waals surface area contributed by atoms with Crippen LogP contribution in [0.2, 0.25) is 0 Å². The normalized spacial score (nSPS) is 13.2. The molecule has 0 aliphatic heterocycles. The van der Waals surface area contributed by atoms with E-state index in [1.54, 1.807) is 11.5 Å². The number of nitrogens with zero attached hydrogens (tertiary/aromatic N) is 4. The lowest BCUT2D eigenvalue weighted by atomic mass is 10.2. The van der Waals surface area contributed by atoms with Crippen molar-refractivity contribution in [1.29, 1.82) is 0 Å². The first-order valence-corrected chi connectivity index (χ1v) is 7.75. The maximum atomic E-state index is 12.8. The van der Waals surface area contributed by atoms with Crippen LogP contribution >= 0.6 is 0 Å². The number of hydrogen-bond donors (Lipinski definition) is 1. The number of hydrogen-bond acceptors (Lipinski definition) is 4. The Morgan fingerprint density at radius 1 is 1.18 bits per heavy atom. The second kappa shape index (κ2) is 6.08. The fourth-order valence-electron chi connectivity index (χ4n) is 2.78.